The fourth-order valence-electron chi connectivity index (χ4n) is 3.25. The van der Waals surface area contributed by atoms with E-state index in [4.69, 9.17) is 10.5 Å². The summed E-state index contributed by atoms with van der Waals surface area (Å²) in [6, 6.07) is 8.95. The summed E-state index contributed by atoms with van der Waals surface area (Å²) in [6.07, 6.45) is 4.24. The van der Waals surface area contributed by atoms with Crippen molar-refractivity contribution in [2.75, 3.05) is 17.2 Å². The van der Waals surface area contributed by atoms with Gasteiger partial charge in [-0.15, -0.1) is 0 Å². The molecule has 3 N–H and O–H groups in total. The number of hydrogen-bond acceptors (Lipinski definition) is 7. The maximum Gasteiger partial charge on any atom is 0.341 e. The lowest BCUT2D eigenvalue weighted by atomic mass is 10.2. The van der Waals surface area contributed by atoms with E-state index in [-0.39, 0.29) is 30.2 Å². The minimum atomic E-state index is -0.798. The van der Waals surface area contributed by atoms with E-state index in [1.807, 2.05) is 13.0 Å². The topological polar surface area (TPSA) is 145 Å². The molecule has 3 rings (SSSR count). The van der Waals surface area contributed by atoms with Crippen LogP contribution in [0.5, 0.6) is 0 Å². The van der Waals surface area contributed by atoms with Crippen LogP contribution in [-0.4, -0.2) is 37.8 Å². The highest BCUT2D eigenvalue weighted by Crippen LogP contribution is 2.20. The third-order valence-corrected chi connectivity index (χ3v) is 4.97. The lowest BCUT2D eigenvalue weighted by Gasteiger charge is -2.24. The van der Waals surface area contributed by atoms with Crippen molar-refractivity contribution in [3.63, 3.8) is 0 Å². The van der Waals surface area contributed by atoms with Crippen LogP contribution in [0.15, 0.2) is 52.3 Å². The van der Waals surface area contributed by atoms with E-state index >= 15 is 0 Å². The Bertz CT molecular complexity index is 1240. The highest BCUT2D eigenvalue weighted by atomic mass is 16.5. The number of carbonyl (C=O) groups excluding carboxylic acids is 2. The van der Waals surface area contributed by atoms with E-state index in [0.717, 1.165) is 16.9 Å². The van der Waals surface area contributed by atoms with Crippen molar-refractivity contribution in [2.45, 2.75) is 32.9 Å². The first-order chi connectivity index (χ1) is 15.8. The molecule has 174 valence electrons. The van der Waals surface area contributed by atoms with Gasteiger partial charge in [0.25, 0.3) is 11.5 Å². The minimum Gasteiger partial charge on any atom is -0.452 e. The van der Waals surface area contributed by atoms with Crippen molar-refractivity contribution in [2.24, 2.45) is 7.05 Å². The Labute approximate surface area is 189 Å². The molecule has 1 aromatic carbocycles. The van der Waals surface area contributed by atoms with Gasteiger partial charge in [0.2, 0.25) is 0 Å². The molecular formula is C22H26N6O5. The van der Waals surface area contributed by atoms with Crippen molar-refractivity contribution < 1.29 is 14.3 Å². The molecule has 11 heteroatoms. The molecule has 2 aromatic heterocycles. The van der Waals surface area contributed by atoms with Gasteiger partial charge in [-0.1, -0.05) is 43.7 Å². The first-order valence-electron chi connectivity index (χ1n) is 10.4. The summed E-state index contributed by atoms with van der Waals surface area (Å²) in [4.78, 5) is 53.8. The van der Waals surface area contributed by atoms with Crippen molar-refractivity contribution in [1.82, 2.24) is 19.3 Å². The second-order valence-electron chi connectivity index (χ2n) is 7.44. The maximum absolute atomic E-state index is 13.1. The molecule has 0 bridgehead atoms. The molecule has 1 amide bonds. The van der Waals surface area contributed by atoms with Crippen molar-refractivity contribution in [1.29, 1.82) is 0 Å². The smallest absolute Gasteiger partial charge is 0.341 e. The number of benzene rings is 1. The second-order valence-corrected chi connectivity index (χ2v) is 7.44. The zero-order chi connectivity index (χ0) is 24.0. The Hall–Kier alpha value is -4.15. The summed E-state index contributed by atoms with van der Waals surface area (Å²) in [5, 5.41) is 3.90. The summed E-state index contributed by atoms with van der Waals surface area (Å²) in [7, 11) is 1.64. The molecule has 0 spiro atoms. The maximum atomic E-state index is 13.1. The van der Waals surface area contributed by atoms with Crippen LogP contribution in [0.4, 0.5) is 11.5 Å². The zero-order valence-electron chi connectivity index (χ0n) is 18.5. The van der Waals surface area contributed by atoms with Gasteiger partial charge in [-0.05, 0) is 12.0 Å². The summed E-state index contributed by atoms with van der Waals surface area (Å²) in [5.41, 5.74) is 5.49. The van der Waals surface area contributed by atoms with E-state index < -0.39 is 29.7 Å². The van der Waals surface area contributed by atoms with E-state index in [2.05, 4.69) is 10.1 Å². The summed E-state index contributed by atoms with van der Waals surface area (Å²) < 4.78 is 7.80. The number of aromatic amines is 1. The quantitative estimate of drug-likeness (QED) is 0.460. The molecule has 0 saturated heterocycles. The largest absolute Gasteiger partial charge is 0.452 e. The summed E-state index contributed by atoms with van der Waals surface area (Å²) in [5.74, 6) is -1.53. The highest BCUT2D eigenvalue weighted by Gasteiger charge is 2.26. The van der Waals surface area contributed by atoms with Crippen LogP contribution in [0.25, 0.3) is 0 Å². The molecule has 0 aliphatic rings. The Morgan fingerprint density at radius 2 is 1.94 bits per heavy atom. The van der Waals surface area contributed by atoms with Gasteiger partial charge in [-0.2, -0.15) is 5.10 Å². The predicted molar refractivity (Wildman–Crippen MR) is 122 cm³/mol. The number of nitrogen functional groups attached to an aromatic ring is 1. The second kappa shape index (κ2) is 10.4. The molecule has 0 fully saturated rings. The van der Waals surface area contributed by atoms with Gasteiger partial charge < -0.3 is 10.5 Å². The number of ether oxygens (including phenoxy) is 1. The number of anilines is 2. The SMILES string of the molecule is CCCCn1c(N)c(N(Cc2ccccc2)C(=O)COC(=O)c2cnn(C)c2)c(=O)[nH]c1=O. The number of carbonyl (C=O) groups is 2. The van der Waals surface area contributed by atoms with E-state index in [1.165, 1.54) is 21.6 Å². The molecule has 3 aromatic rings. The molecule has 0 unspecified atom stereocenters. The number of nitrogens with two attached hydrogens (primary N) is 1. The number of nitrogens with one attached hydrogen (secondary N) is 1. The van der Waals surface area contributed by atoms with Gasteiger partial charge in [-0.25, -0.2) is 9.59 Å². The Kier molecular flexibility index (Phi) is 7.44. The van der Waals surface area contributed by atoms with Crippen molar-refractivity contribution in [3.05, 3.63) is 74.7 Å². The van der Waals surface area contributed by atoms with Crippen LogP contribution in [0.2, 0.25) is 0 Å². The Balaban J connectivity index is 1.94. The van der Waals surface area contributed by atoms with Gasteiger partial charge in [0.15, 0.2) is 12.3 Å². The van der Waals surface area contributed by atoms with E-state index in [0.29, 0.717) is 6.42 Å². The molecule has 11 nitrogen and oxygen atoms in total. The van der Waals surface area contributed by atoms with Crippen LogP contribution in [-0.2, 0) is 29.7 Å². The zero-order valence-corrected chi connectivity index (χ0v) is 18.5. The predicted octanol–water partition coefficient (Wildman–Crippen LogP) is 1.04. The number of unbranched alkanes of at least 4 members (excludes halogenated alkanes) is 1. The standard InChI is InChI=1S/C22H26N6O5/c1-3-4-10-27-19(23)18(20(30)25-22(27)32)28(12-15-8-6-5-7-9-15)17(29)14-33-21(31)16-11-24-26(2)13-16/h5-9,11,13H,3-4,10,12,14,23H2,1-2H3,(H,25,30,32). The first-order valence-corrected chi connectivity index (χ1v) is 10.4. The van der Waals surface area contributed by atoms with Gasteiger partial charge in [-0.3, -0.25) is 28.7 Å². The van der Waals surface area contributed by atoms with E-state index in [9.17, 15) is 19.2 Å². The molecule has 0 radical (unpaired) electrons. The van der Waals surface area contributed by atoms with Crippen molar-refractivity contribution in [3.8, 4) is 0 Å². The van der Waals surface area contributed by atoms with Gasteiger partial charge in [0, 0.05) is 19.8 Å². The van der Waals surface area contributed by atoms with Crippen LogP contribution in [0, 0.1) is 0 Å². The average Bonchev–Trinajstić information content (AvgIpc) is 3.23. The third kappa shape index (κ3) is 5.56. The fraction of sp³-hybridized carbons (Fsp3) is 0.318. The highest BCUT2D eigenvalue weighted by molar-refractivity contribution is 5.98. The summed E-state index contributed by atoms with van der Waals surface area (Å²) >= 11 is 0. The van der Waals surface area contributed by atoms with Crippen LogP contribution >= 0.6 is 0 Å². The minimum absolute atomic E-state index is 0.0105. The lowest BCUT2D eigenvalue weighted by Crippen LogP contribution is -2.42. The average molecular weight is 454 g/mol. The van der Waals surface area contributed by atoms with Crippen LogP contribution in [0.3, 0.4) is 0 Å². The summed E-state index contributed by atoms with van der Waals surface area (Å²) in [6.45, 7) is 1.60. The molecule has 2 heterocycles. The number of hydrogen-bond donors (Lipinski definition) is 2. The van der Waals surface area contributed by atoms with Gasteiger partial charge >= 0.3 is 11.7 Å². The van der Waals surface area contributed by atoms with Crippen LogP contribution in [0.1, 0.15) is 35.7 Å². The molecule has 0 aliphatic carbocycles. The number of aromatic nitrogens is 4. The number of nitrogens with zero attached hydrogens (tertiary/aromatic N) is 4. The van der Waals surface area contributed by atoms with Crippen LogP contribution < -0.4 is 21.9 Å². The number of amides is 1. The normalized spacial score (nSPS) is 10.7. The first kappa shape index (κ1) is 23.5. The lowest BCUT2D eigenvalue weighted by molar-refractivity contribution is -0.121. The molecule has 0 saturated carbocycles. The molecule has 0 aliphatic heterocycles. The Morgan fingerprint density at radius 3 is 2.58 bits per heavy atom. The number of H-pyrrole nitrogens is 1. The van der Waals surface area contributed by atoms with E-state index in [1.54, 1.807) is 31.3 Å². The monoisotopic (exact) mass is 454 g/mol. The van der Waals surface area contributed by atoms with Gasteiger partial charge in [0.1, 0.15) is 5.82 Å². The fourth-order valence-corrected chi connectivity index (χ4v) is 3.25. The molecule has 0 atom stereocenters. The number of rotatable bonds is 9. The Morgan fingerprint density at radius 1 is 1.21 bits per heavy atom. The van der Waals surface area contributed by atoms with Gasteiger partial charge in [0.05, 0.1) is 18.3 Å². The molecular weight excluding hydrogens is 428 g/mol. The third-order valence-electron chi connectivity index (χ3n) is 4.97. The number of esters is 1. The van der Waals surface area contributed by atoms with Crippen molar-refractivity contribution >= 4 is 23.4 Å². The molecule has 33 heavy (non-hydrogen) atoms. The number of aryl methyl sites for hydroxylation is 1.